The van der Waals surface area contributed by atoms with Crippen LogP contribution in [0, 0.1) is 36.5 Å². The quantitative estimate of drug-likeness (QED) is 0.434. The second-order valence-corrected chi connectivity index (χ2v) is 11.3. The molecule has 0 spiro atoms. The number of hydrogen-bond acceptors (Lipinski definition) is 2. The van der Waals surface area contributed by atoms with Crippen molar-refractivity contribution in [2.45, 2.75) is 91.9 Å². The second-order valence-electron chi connectivity index (χ2n) is 11.3. The van der Waals surface area contributed by atoms with Gasteiger partial charge in [-0.3, -0.25) is 0 Å². The van der Waals surface area contributed by atoms with E-state index in [2.05, 4.69) is 91.8 Å². The highest BCUT2D eigenvalue weighted by molar-refractivity contribution is 6.04. The Morgan fingerprint density at radius 1 is 0.625 bits per heavy atom. The lowest BCUT2D eigenvalue weighted by atomic mass is 9.78. The maximum atomic E-state index is 10.3. The molecule has 0 unspecified atom stereocenters. The van der Waals surface area contributed by atoms with Gasteiger partial charge < -0.3 is 0 Å². The van der Waals surface area contributed by atoms with Crippen molar-refractivity contribution in [2.75, 3.05) is 0 Å². The first kappa shape index (κ1) is 23.8. The Bertz CT molecular complexity index is 1070. The molecule has 0 fully saturated rings. The summed E-state index contributed by atoms with van der Waals surface area (Å²) in [5.41, 5.74) is 10.1. The molecule has 0 saturated heterocycles. The van der Waals surface area contributed by atoms with Crippen LogP contribution in [0.25, 0.3) is 11.1 Å². The third-order valence-corrected chi connectivity index (χ3v) is 6.92. The molecule has 0 radical (unpaired) electrons. The van der Waals surface area contributed by atoms with Gasteiger partial charge in [0, 0.05) is 0 Å². The zero-order valence-electron chi connectivity index (χ0n) is 21.0. The topological polar surface area (TPSA) is 47.6 Å². The molecular weight excluding hydrogens is 388 g/mol. The number of rotatable bonds is 0. The third-order valence-electron chi connectivity index (χ3n) is 6.92. The Morgan fingerprint density at radius 2 is 0.969 bits per heavy atom. The highest BCUT2D eigenvalue weighted by Crippen LogP contribution is 2.38. The average molecular weight is 425 g/mol. The molecule has 2 aromatic rings. The summed E-state index contributed by atoms with van der Waals surface area (Å²) in [6.07, 6.45) is 4.21. The number of allylic oxidation sites excluding steroid dienone is 2. The van der Waals surface area contributed by atoms with Crippen molar-refractivity contribution in [3.8, 4) is 12.1 Å². The van der Waals surface area contributed by atoms with E-state index in [1.54, 1.807) is 0 Å². The first-order valence-electron chi connectivity index (χ1n) is 11.7. The number of aryl methyl sites for hydroxylation is 2. The highest BCUT2D eigenvalue weighted by atomic mass is 14.3. The van der Waals surface area contributed by atoms with E-state index in [-0.39, 0.29) is 10.8 Å². The van der Waals surface area contributed by atoms with Crippen molar-refractivity contribution >= 4 is 11.1 Å². The van der Waals surface area contributed by atoms with Gasteiger partial charge in [-0.05, 0) is 107 Å². The minimum Gasteiger partial charge on any atom is -0.192 e. The first-order chi connectivity index (χ1) is 14.9. The molecule has 166 valence electrons. The van der Waals surface area contributed by atoms with Crippen LogP contribution in [0.1, 0.15) is 98.9 Å². The summed E-state index contributed by atoms with van der Waals surface area (Å²) < 4.78 is 0. The van der Waals surface area contributed by atoms with E-state index in [1.165, 1.54) is 22.3 Å². The zero-order valence-corrected chi connectivity index (χ0v) is 21.0. The van der Waals surface area contributed by atoms with Gasteiger partial charge in [0.05, 0.1) is 11.1 Å². The standard InChI is InChI=1S/C30H36N2/c1-19-21-11-9-10-12-22-14-24(30(6,7)8)16-26(20(22)2)28(18-32)27(17-31)25(19)15-23(13-21)29(3,4)5/h13-16H,9-12H2,1-8H3/b28-27-. The zero-order chi connectivity index (χ0) is 23.8. The number of hydrogen-bond donors (Lipinski definition) is 0. The molecule has 1 aliphatic carbocycles. The predicted octanol–water partition coefficient (Wildman–Crippen LogP) is 7.74. The van der Waals surface area contributed by atoms with E-state index in [1.807, 2.05) is 0 Å². The number of fused-ring (bicyclic) bond motifs is 4. The lowest BCUT2D eigenvalue weighted by Crippen LogP contribution is -2.15. The van der Waals surface area contributed by atoms with Crippen LogP contribution in [0.4, 0.5) is 0 Å². The fourth-order valence-electron chi connectivity index (χ4n) is 4.59. The van der Waals surface area contributed by atoms with E-state index in [0.29, 0.717) is 11.1 Å². The third kappa shape index (κ3) is 4.52. The van der Waals surface area contributed by atoms with Gasteiger partial charge in [-0.2, -0.15) is 10.5 Å². The van der Waals surface area contributed by atoms with E-state index in [4.69, 9.17) is 0 Å². The number of nitrogens with zero attached hydrogens (tertiary/aromatic N) is 2. The van der Waals surface area contributed by atoms with Gasteiger partial charge in [0.15, 0.2) is 0 Å². The minimum atomic E-state index is -0.0309. The van der Waals surface area contributed by atoms with Crippen LogP contribution in [0.15, 0.2) is 24.3 Å². The fraction of sp³-hybridized carbons (Fsp3) is 0.467. The lowest BCUT2D eigenvalue weighted by molar-refractivity contribution is 0.586. The smallest absolute Gasteiger partial charge is 0.101 e. The number of benzene rings is 2. The molecule has 1 aliphatic rings. The minimum absolute atomic E-state index is 0.0309. The molecule has 0 aliphatic heterocycles. The molecule has 2 heteroatoms. The van der Waals surface area contributed by atoms with E-state index in [0.717, 1.165) is 47.9 Å². The molecule has 2 nitrogen and oxygen atoms in total. The SMILES string of the molecule is Cc1c2cc(C(C)(C)C)cc1/C(C#N)=C(/C#N)c1cc(C(C)(C)C)cc(c1C)CCCC2. The number of nitriles is 2. The van der Waals surface area contributed by atoms with Crippen molar-refractivity contribution in [3.63, 3.8) is 0 Å². The molecule has 2 aromatic carbocycles. The lowest BCUT2D eigenvalue weighted by Gasteiger charge is -2.25. The maximum absolute atomic E-state index is 10.3. The van der Waals surface area contributed by atoms with Crippen LogP contribution >= 0.6 is 0 Å². The summed E-state index contributed by atoms with van der Waals surface area (Å²) in [4.78, 5) is 0. The van der Waals surface area contributed by atoms with E-state index >= 15 is 0 Å². The van der Waals surface area contributed by atoms with Crippen molar-refractivity contribution < 1.29 is 0 Å². The van der Waals surface area contributed by atoms with Gasteiger partial charge in [-0.25, -0.2) is 0 Å². The molecule has 0 aromatic heterocycles. The molecule has 0 atom stereocenters. The molecule has 0 heterocycles. The van der Waals surface area contributed by atoms with Gasteiger partial charge >= 0.3 is 0 Å². The molecule has 0 N–H and O–H groups in total. The van der Waals surface area contributed by atoms with Crippen molar-refractivity contribution in [1.29, 1.82) is 10.5 Å². The molecule has 0 saturated carbocycles. The largest absolute Gasteiger partial charge is 0.192 e. The van der Waals surface area contributed by atoms with Crippen LogP contribution in [-0.2, 0) is 23.7 Å². The summed E-state index contributed by atoms with van der Waals surface area (Å²) in [5.74, 6) is 0. The molecular formula is C30H36N2. The van der Waals surface area contributed by atoms with Gasteiger partial charge in [-0.1, -0.05) is 53.7 Å². The van der Waals surface area contributed by atoms with Crippen LogP contribution in [0.3, 0.4) is 0 Å². The fourth-order valence-corrected chi connectivity index (χ4v) is 4.59. The predicted molar refractivity (Wildman–Crippen MR) is 134 cm³/mol. The van der Waals surface area contributed by atoms with Gasteiger partial charge in [0.25, 0.3) is 0 Å². The molecule has 4 bridgehead atoms. The van der Waals surface area contributed by atoms with Crippen molar-refractivity contribution in [2.24, 2.45) is 0 Å². The Kier molecular flexibility index (Phi) is 6.40. The van der Waals surface area contributed by atoms with Gasteiger partial charge in [0.2, 0.25) is 0 Å². The van der Waals surface area contributed by atoms with Crippen molar-refractivity contribution in [3.05, 3.63) is 68.8 Å². The molecule has 3 rings (SSSR count). The van der Waals surface area contributed by atoms with Crippen LogP contribution in [0.5, 0.6) is 0 Å². The van der Waals surface area contributed by atoms with E-state index < -0.39 is 0 Å². The van der Waals surface area contributed by atoms with Crippen LogP contribution < -0.4 is 0 Å². The summed E-state index contributed by atoms with van der Waals surface area (Å²) in [6, 6.07) is 13.8. The van der Waals surface area contributed by atoms with Crippen LogP contribution in [0.2, 0.25) is 0 Å². The van der Waals surface area contributed by atoms with Gasteiger partial charge in [-0.15, -0.1) is 0 Å². The van der Waals surface area contributed by atoms with E-state index in [9.17, 15) is 10.5 Å². The Morgan fingerprint density at radius 3 is 1.25 bits per heavy atom. The highest BCUT2D eigenvalue weighted by Gasteiger charge is 2.24. The average Bonchev–Trinajstić information content (AvgIpc) is 2.69. The Balaban J connectivity index is 2.47. The summed E-state index contributed by atoms with van der Waals surface area (Å²) in [7, 11) is 0. The van der Waals surface area contributed by atoms with Gasteiger partial charge in [0.1, 0.15) is 12.1 Å². The Labute approximate surface area is 194 Å². The first-order valence-corrected chi connectivity index (χ1v) is 11.7. The molecule has 0 amide bonds. The maximum Gasteiger partial charge on any atom is 0.101 e. The second kappa shape index (κ2) is 8.60. The summed E-state index contributed by atoms with van der Waals surface area (Å²) in [5, 5.41) is 20.7. The summed E-state index contributed by atoms with van der Waals surface area (Å²) >= 11 is 0. The van der Waals surface area contributed by atoms with Crippen LogP contribution in [-0.4, -0.2) is 0 Å². The van der Waals surface area contributed by atoms with Crippen molar-refractivity contribution in [1.82, 2.24) is 0 Å². The summed E-state index contributed by atoms with van der Waals surface area (Å²) in [6.45, 7) is 17.5. The normalized spacial score (nSPS) is 17.1. The Hall–Kier alpha value is -2.84. The molecule has 32 heavy (non-hydrogen) atoms. The monoisotopic (exact) mass is 424 g/mol.